The van der Waals surface area contributed by atoms with Crippen molar-refractivity contribution >= 4 is 5.97 Å². The number of hydrogen-bond donors (Lipinski definition) is 1. The van der Waals surface area contributed by atoms with Crippen LogP contribution in [-0.4, -0.2) is 27.2 Å². The first-order valence-corrected chi connectivity index (χ1v) is 8.09. The van der Waals surface area contributed by atoms with Crippen LogP contribution in [0, 0.1) is 0 Å². The van der Waals surface area contributed by atoms with Gasteiger partial charge in [-0.3, -0.25) is 9.36 Å². The first-order valence-electron chi connectivity index (χ1n) is 8.09. The minimum Gasteiger partial charge on any atom is -0.481 e. The van der Waals surface area contributed by atoms with Gasteiger partial charge in [0.15, 0.2) is 5.69 Å². The van der Waals surface area contributed by atoms with Crippen molar-refractivity contribution in [1.29, 1.82) is 0 Å². The summed E-state index contributed by atoms with van der Waals surface area (Å²) in [5.41, 5.74) is -0.887. The Morgan fingerprint density at radius 1 is 1.36 bits per heavy atom. The molecule has 1 aliphatic rings. The van der Waals surface area contributed by atoms with Crippen LogP contribution < -0.4 is 10.3 Å². The highest BCUT2D eigenvalue weighted by Gasteiger charge is 2.33. The maximum absolute atomic E-state index is 12.9. The van der Waals surface area contributed by atoms with Crippen LogP contribution in [0.3, 0.4) is 0 Å². The summed E-state index contributed by atoms with van der Waals surface area (Å²) in [4.78, 5) is 28.7. The highest BCUT2D eigenvalue weighted by atomic mass is 16.5. The lowest BCUT2D eigenvalue weighted by molar-refractivity contribution is -0.0228. The molecule has 25 heavy (non-hydrogen) atoms. The van der Waals surface area contributed by atoms with Gasteiger partial charge < -0.3 is 14.6 Å². The fourth-order valence-corrected chi connectivity index (χ4v) is 2.82. The van der Waals surface area contributed by atoms with Gasteiger partial charge in [-0.2, -0.15) is 0 Å². The highest BCUT2D eigenvalue weighted by molar-refractivity contribution is 5.88. The standard InChI is InChI=1S/C18H20N2O5/c1-18(2)17-19-13(16(22)23)14(15(21)20(17)9-6-10-25-18)24-11-12-7-4-3-5-8-12/h3-5,7-8H,6,9-11H2,1-2H3,(H,22,23). The Bertz CT molecular complexity index is 843. The summed E-state index contributed by atoms with van der Waals surface area (Å²) in [5.74, 6) is -1.24. The molecular formula is C18H20N2O5. The normalized spacial score (nSPS) is 15.9. The number of ether oxygens (including phenoxy) is 2. The van der Waals surface area contributed by atoms with Crippen molar-refractivity contribution in [3.05, 3.63) is 57.8 Å². The molecule has 1 aromatic carbocycles. The number of rotatable bonds is 4. The largest absolute Gasteiger partial charge is 0.481 e. The van der Waals surface area contributed by atoms with Crippen LogP contribution in [0.25, 0.3) is 0 Å². The van der Waals surface area contributed by atoms with Gasteiger partial charge in [-0.05, 0) is 25.8 Å². The number of carbonyl (C=O) groups is 1. The molecule has 0 saturated carbocycles. The topological polar surface area (TPSA) is 90.7 Å². The van der Waals surface area contributed by atoms with Crippen LogP contribution in [-0.2, 0) is 23.5 Å². The lowest BCUT2D eigenvalue weighted by Crippen LogP contribution is -2.35. The molecular weight excluding hydrogens is 324 g/mol. The maximum atomic E-state index is 12.9. The monoisotopic (exact) mass is 344 g/mol. The average Bonchev–Trinajstić information content (AvgIpc) is 2.73. The predicted molar refractivity (Wildman–Crippen MR) is 89.8 cm³/mol. The van der Waals surface area contributed by atoms with Gasteiger partial charge in [0.2, 0.25) is 5.75 Å². The van der Waals surface area contributed by atoms with E-state index < -0.39 is 17.1 Å². The van der Waals surface area contributed by atoms with Gasteiger partial charge in [-0.15, -0.1) is 0 Å². The van der Waals surface area contributed by atoms with E-state index in [1.54, 1.807) is 13.8 Å². The van der Waals surface area contributed by atoms with Crippen LogP contribution in [0.15, 0.2) is 35.1 Å². The number of benzene rings is 1. The Morgan fingerprint density at radius 3 is 2.76 bits per heavy atom. The van der Waals surface area contributed by atoms with E-state index in [0.717, 1.165) is 5.56 Å². The number of aromatic carboxylic acids is 1. The van der Waals surface area contributed by atoms with Crippen LogP contribution in [0.5, 0.6) is 5.75 Å². The van der Waals surface area contributed by atoms with Crippen LogP contribution in [0.2, 0.25) is 0 Å². The Morgan fingerprint density at radius 2 is 2.08 bits per heavy atom. The fourth-order valence-electron chi connectivity index (χ4n) is 2.82. The zero-order valence-electron chi connectivity index (χ0n) is 14.2. The molecule has 0 amide bonds. The van der Waals surface area contributed by atoms with E-state index in [4.69, 9.17) is 9.47 Å². The van der Waals surface area contributed by atoms with E-state index in [0.29, 0.717) is 25.4 Å². The van der Waals surface area contributed by atoms with Gasteiger partial charge in [0.25, 0.3) is 5.56 Å². The zero-order valence-corrected chi connectivity index (χ0v) is 14.2. The molecule has 1 N–H and O–H groups in total. The molecule has 0 unspecified atom stereocenters. The molecule has 0 aliphatic carbocycles. The molecule has 2 aromatic rings. The van der Waals surface area contributed by atoms with Crippen LogP contribution >= 0.6 is 0 Å². The van der Waals surface area contributed by atoms with Crippen molar-refractivity contribution in [3.63, 3.8) is 0 Å². The average molecular weight is 344 g/mol. The number of nitrogens with zero attached hydrogens (tertiary/aromatic N) is 2. The van der Waals surface area contributed by atoms with E-state index in [1.807, 2.05) is 30.3 Å². The summed E-state index contributed by atoms with van der Waals surface area (Å²) in [5, 5.41) is 9.50. The molecule has 0 bridgehead atoms. The third kappa shape index (κ3) is 3.41. The SMILES string of the molecule is CC1(C)OCCCn2c1nc(C(=O)O)c(OCc1ccccc1)c2=O. The van der Waals surface area contributed by atoms with Crippen LogP contribution in [0.1, 0.15) is 42.1 Å². The summed E-state index contributed by atoms with van der Waals surface area (Å²) in [6, 6.07) is 9.24. The molecule has 0 fully saturated rings. The van der Waals surface area contributed by atoms with E-state index in [-0.39, 0.29) is 18.1 Å². The molecule has 0 atom stereocenters. The van der Waals surface area contributed by atoms with Gasteiger partial charge in [0.05, 0.1) is 0 Å². The van der Waals surface area contributed by atoms with E-state index >= 15 is 0 Å². The number of hydrogen-bond acceptors (Lipinski definition) is 5. The van der Waals surface area contributed by atoms with Gasteiger partial charge in [-0.1, -0.05) is 30.3 Å². The summed E-state index contributed by atoms with van der Waals surface area (Å²) in [6.07, 6.45) is 0.641. The van der Waals surface area contributed by atoms with Gasteiger partial charge in [-0.25, -0.2) is 9.78 Å². The Hall–Kier alpha value is -2.67. The maximum Gasteiger partial charge on any atom is 0.358 e. The molecule has 1 aliphatic heterocycles. The number of carboxylic acid groups (broad SMARTS) is 1. The Kier molecular flexibility index (Phi) is 4.59. The van der Waals surface area contributed by atoms with Gasteiger partial charge in [0, 0.05) is 13.2 Å². The third-order valence-electron chi connectivity index (χ3n) is 4.08. The molecule has 3 rings (SSSR count). The zero-order chi connectivity index (χ0) is 18.0. The second-order valence-corrected chi connectivity index (χ2v) is 6.36. The number of fused-ring (bicyclic) bond motifs is 1. The first-order chi connectivity index (χ1) is 11.9. The van der Waals surface area contributed by atoms with E-state index in [1.165, 1.54) is 4.57 Å². The molecule has 132 valence electrons. The molecule has 7 heteroatoms. The Labute approximate surface area is 144 Å². The van der Waals surface area contributed by atoms with Crippen molar-refractivity contribution in [2.45, 2.75) is 39.0 Å². The second-order valence-electron chi connectivity index (χ2n) is 6.36. The summed E-state index contributed by atoms with van der Waals surface area (Å²) >= 11 is 0. The molecule has 0 spiro atoms. The summed E-state index contributed by atoms with van der Waals surface area (Å²) < 4.78 is 12.8. The first kappa shape index (κ1) is 17.2. The molecule has 2 heterocycles. The van der Waals surface area contributed by atoms with Crippen molar-refractivity contribution < 1.29 is 19.4 Å². The summed E-state index contributed by atoms with van der Waals surface area (Å²) in [7, 11) is 0. The van der Waals surface area contributed by atoms with Gasteiger partial charge >= 0.3 is 5.97 Å². The smallest absolute Gasteiger partial charge is 0.358 e. The fraction of sp³-hybridized carbons (Fsp3) is 0.389. The van der Waals surface area contributed by atoms with Gasteiger partial charge in [0.1, 0.15) is 18.0 Å². The van der Waals surface area contributed by atoms with Crippen molar-refractivity contribution in [3.8, 4) is 5.75 Å². The van der Waals surface area contributed by atoms with E-state index in [9.17, 15) is 14.7 Å². The second kappa shape index (κ2) is 6.68. The number of aromatic nitrogens is 2. The minimum absolute atomic E-state index is 0.0945. The minimum atomic E-state index is -1.30. The Balaban J connectivity index is 2.07. The van der Waals surface area contributed by atoms with E-state index in [2.05, 4.69) is 4.98 Å². The summed E-state index contributed by atoms with van der Waals surface area (Å²) in [6.45, 7) is 4.52. The predicted octanol–water partition coefficient (Wildman–Crippen LogP) is 2.18. The van der Waals surface area contributed by atoms with Crippen LogP contribution in [0.4, 0.5) is 0 Å². The molecule has 1 aromatic heterocycles. The quantitative estimate of drug-likeness (QED) is 0.914. The lowest BCUT2D eigenvalue weighted by atomic mass is 10.1. The highest BCUT2D eigenvalue weighted by Crippen LogP contribution is 2.27. The number of carboxylic acids is 1. The molecule has 7 nitrogen and oxygen atoms in total. The molecule has 0 radical (unpaired) electrons. The lowest BCUT2D eigenvalue weighted by Gasteiger charge is -2.25. The van der Waals surface area contributed by atoms with Crippen molar-refractivity contribution in [2.24, 2.45) is 0 Å². The van der Waals surface area contributed by atoms with Crippen molar-refractivity contribution in [2.75, 3.05) is 6.61 Å². The van der Waals surface area contributed by atoms with Crippen molar-refractivity contribution in [1.82, 2.24) is 9.55 Å². The molecule has 0 saturated heterocycles. The third-order valence-corrected chi connectivity index (χ3v) is 4.08.